The molecule has 1 aromatic carbocycles. The van der Waals surface area contributed by atoms with E-state index in [1.54, 1.807) is 17.4 Å². The van der Waals surface area contributed by atoms with Gasteiger partial charge < -0.3 is 5.32 Å². The second kappa shape index (κ2) is 6.81. The van der Waals surface area contributed by atoms with Gasteiger partial charge in [0.2, 0.25) is 0 Å². The minimum absolute atomic E-state index is 0.178. The Morgan fingerprint density at radius 3 is 2.79 bits per heavy atom. The summed E-state index contributed by atoms with van der Waals surface area (Å²) in [5.74, 6) is -0.178. The zero-order chi connectivity index (χ0) is 13.8. The van der Waals surface area contributed by atoms with E-state index in [-0.39, 0.29) is 5.82 Å². The van der Waals surface area contributed by atoms with Crippen molar-refractivity contribution in [2.75, 3.05) is 6.54 Å². The van der Waals surface area contributed by atoms with Crippen molar-refractivity contribution in [3.05, 3.63) is 44.6 Å². The van der Waals surface area contributed by atoms with Gasteiger partial charge in [0.1, 0.15) is 5.82 Å². The summed E-state index contributed by atoms with van der Waals surface area (Å²) in [6.45, 7) is 5.38. The van der Waals surface area contributed by atoms with Gasteiger partial charge in [-0.2, -0.15) is 0 Å². The Hall–Kier alpha value is -0.460. The summed E-state index contributed by atoms with van der Waals surface area (Å²) < 4.78 is 14.1. The van der Waals surface area contributed by atoms with Crippen LogP contribution in [0.1, 0.15) is 31.2 Å². The summed E-state index contributed by atoms with van der Waals surface area (Å²) >= 11 is 3.96. The molecule has 4 heteroatoms. The molecule has 1 atom stereocenters. The normalized spacial score (nSPS) is 12.6. The zero-order valence-corrected chi connectivity index (χ0v) is 14.0. The third-order valence-corrected chi connectivity index (χ3v) is 5.14. The van der Waals surface area contributed by atoms with Gasteiger partial charge in [-0.05, 0) is 72.8 Å². The molecule has 2 rings (SSSR count). The molecule has 0 bridgehead atoms. The maximum atomic E-state index is 13.1. The smallest absolute Gasteiger partial charge is 0.124 e. The molecule has 102 valence electrons. The summed E-state index contributed by atoms with van der Waals surface area (Å²) in [5, 5.41) is 3.49. The van der Waals surface area contributed by atoms with Crippen LogP contribution in [0.25, 0.3) is 10.4 Å². The van der Waals surface area contributed by atoms with E-state index in [1.807, 2.05) is 6.07 Å². The number of nitrogens with one attached hydrogen (secondary N) is 1. The lowest BCUT2D eigenvalue weighted by atomic mass is 10.2. The molecule has 0 aliphatic carbocycles. The molecular weight excluding hydrogens is 372 g/mol. The van der Waals surface area contributed by atoms with Crippen molar-refractivity contribution < 1.29 is 4.39 Å². The first kappa shape index (κ1) is 14.9. The van der Waals surface area contributed by atoms with Crippen molar-refractivity contribution in [3.63, 3.8) is 0 Å². The Balaban J connectivity index is 2.20. The number of hydrogen-bond donors (Lipinski definition) is 1. The topological polar surface area (TPSA) is 12.0 Å². The molecule has 1 unspecified atom stereocenters. The van der Waals surface area contributed by atoms with E-state index in [2.05, 4.69) is 53.9 Å². The molecule has 2 aromatic rings. The van der Waals surface area contributed by atoms with Crippen molar-refractivity contribution in [1.29, 1.82) is 0 Å². The number of benzene rings is 1. The van der Waals surface area contributed by atoms with Crippen LogP contribution >= 0.6 is 33.9 Å². The molecule has 1 N–H and O–H groups in total. The first-order chi connectivity index (χ1) is 9.11. The molecule has 0 amide bonds. The predicted molar refractivity (Wildman–Crippen MR) is 89.1 cm³/mol. The molecule has 0 saturated heterocycles. The number of halogens is 2. The van der Waals surface area contributed by atoms with E-state index in [4.69, 9.17) is 0 Å². The van der Waals surface area contributed by atoms with Crippen LogP contribution in [0.3, 0.4) is 0 Å². The minimum atomic E-state index is -0.178. The van der Waals surface area contributed by atoms with E-state index in [0.717, 1.165) is 22.1 Å². The fourth-order valence-corrected chi connectivity index (χ4v) is 3.91. The van der Waals surface area contributed by atoms with Gasteiger partial charge in [-0.15, -0.1) is 11.3 Å². The molecule has 0 radical (unpaired) electrons. The Morgan fingerprint density at radius 1 is 1.32 bits per heavy atom. The summed E-state index contributed by atoms with van der Waals surface area (Å²) in [5.41, 5.74) is 1.11. The highest BCUT2D eigenvalue weighted by Crippen LogP contribution is 2.34. The van der Waals surface area contributed by atoms with Crippen LogP contribution in [0, 0.1) is 9.39 Å². The van der Waals surface area contributed by atoms with Gasteiger partial charge in [0.05, 0.1) is 0 Å². The predicted octanol–water partition coefficient (Wildman–Crippen LogP) is 5.22. The van der Waals surface area contributed by atoms with Crippen molar-refractivity contribution in [2.45, 2.75) is 26.3 Å². The molecule has 0 aliphatic heterocycles. The second-order valence-electron chi connectivity index (χ2n) is 4.50. The van der Waals surface area contributed by atoms with Gasteiger partial charge in [0.15, 0.2) is 0 Å². The fraction of sp³-hybridized carbons (Fsp3) is 0.333. The molecule has 1 aromatic heterocycles. The van der Waals surface area contributed by atoms with Crippen molar-refractivity contribution in [2.24, 2.45) is 0 Å². The Labute approximate surface area is 131 Å². The molecule has 1 heterocycles. The number of hydrogen-bond acceptors (Lipinski definition) is 2. The van der Waals surface area contributed by atoms with E-state index < -0.39 is 0 Å². The maximum Gasteiger partial charge on any atom is 0.124 e. The third kappa shape index (κ3) is 3.77. The monoisotopic (exact) mass is 389 g/mol. The molecule has 1 nitrogen and oxygen atoms in total. The molecule has 19 heavy (non-hydrogen) atoms. The maximum absolute atomic E-state index is 13.1. The summed E-state index contributed by atoms with van der Waals surface area (Å²) in [6, 6.07) is 9.61. The van der Waals surface area contributed by atoms with Crippen molar-refractivity contribution in [1.82, 2.24) is 5.32 Å². The third-order valence-electron chi connectivity index (χ3n) is 2.95. The van der Waals surface area contributed by atoms with Gasteiger partial charge in [-0.1, -0.05) is 6.92 Å². The van der Waals surface area contributed by atoms with Crippen LogP contribution in [0.4, 0.5) is 4.39 Å². The van der Waals surface area contributed by atoms with Crippen LogP contribution in [-0.2, 0) is 0 Å². The standard InChI is InChI=1S/C15H17FINS/c1-3-8-18-10(2)14-6-7-15(19-14)12-5-4-11(16)9-13(12)17/h4-7,9-10,18H,3,8H2,1-2H3. The lowest BCUT2D eigenvalue weighted by Gasteiger charge is -2.10. The van der Waals surface area contributed by atoms with E-state index in [1.165, 1.54) is 15.8 Å². The highest BCUT2D eigenvalue weighted by Gasteiger charge is 2.11. The molecule has 0 saturated carbocycles. The van der Waals surface area contributed by atoms with Crippen LogP contribution in [0.15, 0.2) is 30.3 Å². The van der Waals surface area contributed by atoms with Crippen LogP contribution < -0.4 is 5.32 Å². The Bertz CT molecular complexity index is 553. The van der Waals surface area contributed by atoms with Gasteiger partial charge >= 0.3 is 0 Å². The lowest BCUT2D eigenvalue weighted by Crippen LogP contribution is -2.18. The van der Waals surface area contributed by atoms with Gasteiger partial charge in [0, 0.05) is 24.9 Å². The average Bonchev–Trinajstić information content (AvgIpc) is 2.85. The Morgan fingerprint density at radius 2 is 2.11 bits per heavy atom. The van der Waals surface area contributed by atoms with E-state index >= 15 is 0 Å². The average molecular weight is 389 g/mol. The minimum Gasteiger partial charge on any atom is -0.309 e. The van der Waals surface area contributed by atoms with Crippen LogP contribution in [0.5, 0.6) is 0 Å². The quantitative estimate of drug-likeness (QED) is 0.692. The van der Waals surface area contributed by atoms with Gasteiger partial charge in [-0.25, -0.2) is 4.39 Å². The summed E-state index contributed by atoms with van der Waals surface area (Å²) in [6.07, 6.45) is 1.14. The second-order valence-corrected chi connectivity index (χ2v) is 6.78. The van der Waals surface area contributed by atoms with Crippen LogP contribution in [0.2, 0.25) is 0 Å². The van der Waals surface area contributed by atoms with E-state index in [9.17, 15) is 4.39 Å². The summed E-state index contributed by atoms with van der Waals surface area (Å²) in [7, 11) is 0. The highest BCUT2D eigenvalue weighted by atomic mass is 127. The molecule has 0 spiro atoms. The first-order valence-corrected chi connectivity index (χ1v) is 8.30. The van der Waals surface area contributed by atoms with Gasteiger partial charge in [0.25, 0.3) is 0 Å². The molecular formula is C15H17FINS. The Kier molecular flexibility index (Phi) is 5.36. The largest absolute Gasteiger partial charge is 0.309 e. The van der Waals surface area contributed by atoms with E-state index in [0.29, 0.717) is 6.04 Å². The first-order valence-electron chi connectivity index (χ1n) is 6.40. The number of rotatable bonds is 5. The number of thiophene rings is 1. The molecule has 0 fully saturated rings. The van der Waals surface area contributed by atoms with Crippen LogP contribution in [-0.4, -0.2) is 6.54 Å². The van der Waals surface area contributed by atoms with Crippen molar-refractivity contribution in [3.8, 4) is 10.4 Å². The SMILES string of the molecule is CCCNC(C)c1ccc(-c2ccc(F)cc2I)s1. The lowest BCUT2D eigenvalue weighted by molar-refractivity contribution is 0.578. The summed E-state index contributed by atoms with van der Waals surface area (Å²) in [4.78, 5) is 2.52. The van der Waals surface area contributed by atoms with Gasteiger partial charge in [-0.3, -0.25) is 0 Å². The zero-order valence-electron chi connectivity index (χ0n) is 11.0. The van der Waals surface area contributed by atoms with Crippen molar-refractivity contribution >= 4 is 33.9 Å². The fourth-order valence-electron chi connectivity index (χ4n) is 1.88. The molecule has 0 aliphatic rings. The highest BCUT2D eigenvalue weighted by molar-refractivity contribution is 14.1.